The maximum absolute atomic E-state index is 12.6. The van der Waals surface area contributed by atoms with E-state index < -0.39 is 0 Å². The van der Waals surface area contributed by atoms with Crippen molar-refractivity contribution >= 4 is 0 Å². The van der Waals surface area contributed by atoms with Crippen molar-refractivity contribution in [2.75, 3.05) is 14.1 Å². The van der Waals surface area contributed by atoms with Gasteiger partial charge in [-0.05, 0) is 45.6 Å². The molecule has 0 saturated carbocycles. The molecule has 0 bridgehead atoms. The summed E-state index contributed by atoms with van der Waals surface area (Å²) in [4.78, 5) is 12.6. The molecule has 0 aliphatic carbocycles. The molecule has 3 aromatic rings. The van der Waals surface area contributed by atoms with Crippen LogP contribution in [0.3, 0.4) is 0 Å². The summed E-state index contributed by atoms with van der Waals surface area (Å²) in [7, 11) is 3.75. The second-order valence-corrected chi connectivity index (χ2v) is 5.47. The molecule has 0 amide bonds. The van der Waals surface area contributed by atoms with Crippen molar-refractivity contribution in [2.24, 2.45) is 0 Å². The van der Waals surface area contributed by atoms with E-state index in [4.69, 9.17) is 0 Å². The molecule has 1 aromatic heterocycles. The summed E-state index contributed by atoms with van der Waals surface area (Å²) in [5.74, 6) is 0.699. The number of nitrogens with one attached hydrogen (secondary N) is 1. The highest BCUT2D eigenvalue weighted by atomic mass is 16.2. The van der Waals surface area contributed by atoms with E-state index in [0.717, 1.165) is 16.8 Å². The Kier molecular flexibility index (Phi) is 6.09. The van der Waals surface area contributed by atoms with Crippen LogP contribution in [-0.4, -0.2) is 28.4 Å². The van der Waals surface area contributed by atoms with Gasteiger partial charge >= 0.3 is 5.69 Å². The average Bonchev–Trinajstić information content (AvgIpc) is 2.93. The van der Waals surface area contributed by atoms with E-state index in [1.54, 1.807) is 4.57 Å². The molecule has 0 aliphatic rings. The lowest BCUT2D eigenvalue weighted by atomic mass is 10.2. The number of aryl methyl sites for hydroxylation is 1. The van der Waals surface area contributed by atoms with E-state index in [2.05, 4.69) is 10.4 Å². The number of aromatic nitrogens is 3. The van der Waals surface area contributed by atoms with E-state index in [1.807, 2.05) is 82.5 Å². The third-order valence-electron chi connectivity index (χ3n) is 3.46. The first kappa shape index (κ1) is 17.7. The Labute approximate surface area is 142 Å². The van der Waals surface area contributed by atoms with Gasteiger partial charge in [0.2, 0.25) is 0 Å². The Morgan fingerprint density at radius 3 is 2.29 bits per heavy atom. The summed E-state index contributed by atoms with van der Waals surface area (Å²) in [5, 5.41) is 7.28. The molecule has 0 saturated heterocycles. The van der Waals surface area contributed by atoms with E-state index >= 15 is 0 Å². The van der Waals surface area contributed by atoms with Crippen LogP contribution in [0.2, 0.25) is 0 Å². The van der Waals surface area contributed by atoms with Crippen molar-refractivity contribution in [1.82, 2.24) is 19.7 Å². The molecule has 0 atom stereocenters. The van der Waals surface area contributed by atoms with E-state index in [9.17, 15) is 4.79 Å². The second-order valence-electron chi connectivity index (χ2n) is 5.47. The maximum atomic E-state index is 12.6. The minimum atomic E-state index is -0.109. The van der Waals surface area contributed by atoms with Crippen LogP contribution in [0.5, 0.6) is 0 Å². The van der Waals surface area contributed by atoms with Crippen LogP contribution in [0.15, 0.2) is 59.4 Å². The Morgan fingerprint density at radius 2 is 1.71 bits per heavy atom. The molecule has 1 heterocycles. The monoisotopic (exact) mass is 324 g/mol. The van der Waals surface area contributed by atoms with Crippen molar-refractivity contribution in [3.63, 3.8) is 0 Å². The molecule has 126 valence electrons. The number of nitrogens with zero attached hydrogens (tertiary/aromatic N) is 3. The lowest BCUT2D eigenvalue weighted by molar-refractivity contribution is 0.716. The van der Waals surface area contributed by atoms with Gasteiger partial charge < -0.3 is 5.32 Å². The van der Waals surface area contributed by atoms with Gasteiger partial charge in [0.15, 0.2) is 5.82 Å². The highest BCUT2D eigenvalue weighted by molar-refractivity contribution is 5.55. The summed E-state index contributed by atoms with van der Waals surface area (Å²) in [6, 6.07) is 17.6. The van der Waals surface area contributed by atoms with Gasteiger partial charge in [0.1, 0.15) is 0 Å². The Balaban J connectivity index is 0.000000647. The van der Waals surface area contributed by atoms with Crippen LogP contribution in [0.25, 0.3) is 17.1 Å². The smallest absolute Gasteiger partial charge is 0.323 e. The first-order valence-electron chi connectivity index (χ1n) is 8.03. The van der Waals surface area contributed by atoms with Gasteiger partial charge in [0, 0.05) is 12.1 Å². The minimum Gasteiger partial charge on any atom is -0.323 e. The molecular weight excluding hydrogens is 300 g/mol. The number of benzene rings is 2. The summed E-state index contributed by atoms with van der Waals surface area (Å²) < 4.78 is 3.16. The summed E-state index contributed by atoms with van der Waals surface area (Å²) >= 11 is 0. The predicted octanol–water partition coefficient (Wildman–Crippen LogP) is 2.86. The second kappa shape index (κ2) is 8.26. The molecule has 2 aromatic carbocycles. The molecule has 0 aliphatic heterocycles. The topological polar surface area (TPSA) is 51.9 Å². The lowest BCUT2D eigenvalue weighted by Gasteiger charge is -2.00. The van der Waals surface area contributed by atoms with Crippen molar-refractivity contribution in [3.8, 4) is 17.1 Å². The standard InChI is InChI=1S/C17H17N3O.C2H7N/c1-3-19-16(14-9-5-4-6-10-14)18-20(17(19)21)15-11-7-8-13(2)12-15;1-3-2/h4-12H,3H2,1-2H3;3H,1-2H3. The van der Waals surface area contributed by atoms with E-state index in [-0.39, 0.29) is 5.69 Å². The summed E-state index contributed by atoms with van der Waals surface area (Å²) in [6.07, 6.45) is 0. The average molecular weight is 324 g/mol. The molecule has 0 spiro atoms. The maximum Gasteiger partial charge on any atom is 0.350 e. The molecule has 0 fully saturated rings. The van der Waals surface area contributed by atoms with E-state index in [0.29, 0.717) is 12.4 Å². The van der Waals surface area contributed by atoms with Crippen LogP contribution < -0.4 is 11.0 Å². The molecule has 0 unspecified atom stereocenters. The van der Waals surface area contributed by atoms with Gasteiger partial charge in [-0.25, -0.2) is 4.79 Å². The molecular formula is C19H24N4O. The zero-order valence-electron chi connectivity index (χ0n) is 14.7. The van der Waals surface area contributed by atoms with Gasteiger partial charge in [0.05, 0.1) is 5.69 Å². The fourth-order valence-electron chi connectivity index (χ4n) is 2.41. The van der Waals surface area contributed by atoms with Crippen molar-refractivity contribution < 1.29 is 0 Å². The third kappa shape index (κ3) is 3.81. The number of hydrogen-bond acceptors (Lipinski definition) is 3. The zero-order valence-corrected chi connectivity index (χ0v) is 14.7. The predicted molar refractivity (Wildman–Crippen MR) is 98.7 cm³/mol. The molecule has 5 nitrogen and oxygen atoms in total. The van der Waals surface area contributed by atoms with Gasteiger partial charge in [-0.2, -0.15) is 4.68 Å². The normalized spacial score (nSPS) is 10.2. The fourth-order valence-corrected chi connectivity index (χ4v) is 2.41. The van der Waals surface area contributed by atoms with Crippen LogP contribution in [0, 0.1) is 6.92 Å². The first-order chi connectivity index (χ1) is 11.6. The Morgan fingerprint density at radius 1 is 1.04 bits per heavy atom. The number of rotatable bonds is 3. The molecule has 24 heavy (non-hydrogen) atoms. The largest absolute Gasteiger partial charge is 0.350 e. The highest BCUT2D eigenvalue weighted by Crippen LogP contribution is 2.16. The minimum absolute atomic E-state index is 0.109. The molecule has 0 radical (unpaired) electrons. The third-order valence-corrected chi connectivity index (χ3v) is 3.46. The molecule has 3 rings (SSSR count). The van der Waals surface area contributed by atoms with Gasteiger partial charge in [-0.1, -0.05) is 42.5 Å². The summed E-state index contributed by atoms with van der Waals surface area (Å²) in [6.45, 7) is 4.55. The van der Waals surface area contributed by atoms with Crippen molar-refractivity contribution in [1.29, 1.82) is 0 Å². The fraction of sp³-hybridized carbons (Fsp3) is 0.263. The lowest BCUT2D eigenvalue weighted by Crippen LogP contribution is -2.23. The first-order valence-corrected chi connectivity index (χ1v) is 8.03. The van der Waals surface area contributed by atoms with Gasteiger partial charge in [-0.3, -0.25) is 4.57 Å². The zero-order chi connectivity index (χ0) is 17.5. The highest BCUT2D eigenvalue weighted by Gasteiger charge is 2.14. The van der Waals surface area contributed by atoms with Crippen LogP contribution in [0.4, 0.5) is 0 Å². The molecule has 5 heteroatoms. The van der Waals surface area contributed by atoms with Gasteiger partial charge in [0.25, 0.3) is 0 Å². The summed E-state index contributed by atoms with van der Waals surface area (Å²) in [5.41, 5.74) is 2.74. The van der Waals surface area contributed by atoms with Crippen molar-refractivity contribution in [2.45, 2.75) is 20.4 Å². The van der Waals surface area contributed by atoms with E-state index in [1.165, 1.54) is 4.68 Å². The van der Waals surface area contributed by atoms with Crippen molar-refractivity contribution in [3.05, 3.63) is 70.6 Å². The SMILES string of the molecule is CCn1c(-c2ccccc2)nn(-c2cccc(C)c2)c1=O.CNC. The number of hydrogen-bond donors (Lipinski definition) is 1. The van der Waals surface area contributed by atoms with Crippen LogP contribution in [0.1, 0.15) is 12.5 Å². The van der Waals surface area contributed by atoms with Gasteiger partial charge in [-0.15, -0.1) is 5.10 Å². The quantitative estimate of drug-likeness (QED) is 0.806. The Bertz CT molecular complexity index is 834. The molecule has 1 N–H and O–H groups in total. The Hall–Kier alpha value is -2.66. The van der Waals surface area contributed by atoms with Crippen LogP contribution in [-0.2, 0) is 6.54 Å². The van der Waals surface area contributed by atoms with Crippen LogP contribution >= 0.6 is 0 Å².